The molecule has 2 N–H and O–H groups in total. The fourth-order valence-electron chi connectivity index (χ4n) is 1.12. The summed E-state index contributed by atoms with van der Waals surface area (Å²) in [5.74, 6) is 0.404. The largest absolute Gasteiger partial charge is 0.339 e. The summed E-state index contributed by atoms with van der Waals surface area (Å²) in [5.41, 5.74) is 0. The maximum Gasteiger partial charge on any atom is 0.256 e. The van der Waals surface area contributed by atoms with E-state index in [1.165, 1.54) is 11.3 Å². The second kappa shape index (κ2) is 3.81. The molecule has 74 valence electrons. The summed E-state index contributed by atoms with van der Waals surface area (Å²) < 4.78 is 1.06. The number of aromatic nitrogens is 1. The summed E-state index contributed by atoms with van der Waals surface area (Å²) in [5, 5.41) is 6.35. The molecule has 1 aromatic heterocycles. The van der Waals surface area contributed by atoms with E-state index < -0.39 is 0 Å². The highest BCUT2D eigenvalue weighted by Gasteiger charge is 2.31. The average Bonchev–Trinajstić information content (AvgIpc) is 2.71. The lowest BCUT2D eigenvalue weighted by atomic mass is 10.3. The van der Waals surface area contributed by atoms with Crippen LogP contribution in [0.15, 0.2) is 11.2 Å². The molecule has 2 rings (SSSR count). The van der Waals surface area contributed by atoms with Crippen LogP contribution in [-0.4, -0.2) is 23.9 Å². The molecule has 1 aliphatic rings. The third-order valence-corrected chi connectivity index (χ3v) is 3.54. The molecule has 0 bridgehead atoms. The summed E-state index contributed by atoms with van der Waals surface area (Å²) in [7, 11) is 1.62. The monoisotopic (exact) mass is 322 g/mol. The van der Waals surface area contributed by atoms with Gasteiger partial charge in [-0.15, -0.1) is 11.3 Å². The minimum atomic E-state index is -0.387. The minimum Gasteiger partial charge on any atom is -0.339 e. The maximum absolute atomic E-state index is 11.5. The van der Waals surface area contributed by atoms with Crippen LogP contribution in [0.1, 0.15) is 11.0 Å². The molecule has 1 saturated heterocycles. The van der Waals surface area contributed by atoms with Gasteiger partial charge in [0, 0.05) is 7.05 Å². The number of nitrogens with one attached hydrogen (secondary N) is 2. The highest BCUT2D eigenvalue weighted by atomic mass is 127. The van der Waals surface area contributed by atoms with Crippen LogP contribution in [-0.2, 0) is 4.79 Å². The molecule has 2 heterocycles. The summed E-state index contributed by atoms with van der Waals surface area (Å²) in [6.07, 6.45) is 1.75. The first-order valence-electron chi connectivity index (χ1n) is 3.86. The highest BCUT2D eigenvalue weighted by molar-refractivity contribution is 14.1. The predicted molar refractivity (Wildman–Crippen MR) is 62.2 cm³/mol. The normalized spacial score (nSPS) is 23.7. The van der Waals surface area contributed by atoms with Gasteiger partial charge in [0.15, 0.2) is 12.0 Å². The summed E-state index contributed by atoms with van der Waals surface area (Å²) >= 11 is 3.67. The molecule has 0 radical (unpaired) electrons. The van der Waals surface area contributed by atoms with Crippen LogP contribution in [0, 0.1) is 2.88 Å². The van der Waals surface area contributed by atoms with Gasteiger partial charge in [-0.25, -0.2) is 4.98 Å². The number of carbonyl (C=O) groups excluding carboxylic acids is 1. The van der Waals surface area contributed by atoms with E-state index in [9.17, 15) is 4.79 Å². The van der Waals surface area contributed by atoms with Crippen molar-refractivity contribution in [2.75, 3.05) is 7.05 Å². The second-order valence-corrected chi connectivity index (χ2v) is 5.60. The lowest BCUT2D eigenvalue weighted by molar-refractivity contribution is -0.120. The van der Waals surface area contributed by atoms with Crippen LogP contribution in [0.3, 0.4) is 0 Å². The SMILES string of the molecule is CN=C1NC(=O)C(c2ncc(I)s2)N1. The number of guanidine groups is 1. The lowest BCUT2D eigenvalue weighted by Crippen LogP contribution is -2.24. The van der Waals surface area contributed by atoms with Crippen molar-refractivity contribution in [2.45, 2.75) is 6.04 Å². The van der Waals surface area contributed by atoms with E-state index in [4.69, 9.17) is 0 Å². The van der Waals surface area contributed by atoms with Crippen molar-refractivity contribution in [2.24, 2.45) is 4.99 Å². The van der Waals surface area contributed by atoms with E-state index in [0.717, 1.165) is 7.89 Å². The number of amides is 1. The van der Waals surface area contributed by atoms with Crippen LogP contribution >= 0.6 is 33.9 Å². The summed E-state index contributed by atoms with van der Waals surface area (Å²) in [6, 6.07) is -0.387. The first-order valence-corrected chi connectivity index (χ1v) is 5.75. The lowest BCUT2D eigenvalue weighted by Gasteiger charge is -2.01. The van der Waals surface area contributed by atoms with Crippen molar-refractivity contribution >= 4 is 45.8 Å². The molecule has 1 aromatic rings. The minimum absolute atomic E-state index is 0.101. The van der Waals surface area contributed by atoms with Gasteiger partial charge >= 0.3 is 0 Å². The highest BCUT2D eigenvalue weighted by Crippen LogP contribution is 2.23. The van der Waals surface area contributed by atoms with Gasteiger partial charge in [0.05, 0.1) is 9.08 Å². The van der Waals surface area contributed by atoms with Crippen molar-refractivity contribution in [3.05, 3.63) is 14.1 Å². The van der Waals surface area contributed by atoms with Crippen LogP contribution in [0.4, 0.5) is 0 Å². The predicted octanol–water partition coefficient (Wildman–Crippen LogP) is 0.494. The van der Waals surface area contributed by atoms with E-state index in [2.05, 4.69) is 43.2 Å². The molecule has 1 amide bonds. The molecule has 0 aliphatic carbocycles. The van der Waals surface area contributed by atoms with E-state index in [1.54, 1.807) is 13.2 Å². The number of nitrogens with zero attached hydrogens (tertiary/aromatic N) is 2. The van der Waals surface area contributed by atoms with Gasteiger partial charge in [-0.3, -0.25) is 15.1 Å². The molecule has 5 nitrogen and oxygen atoms in total. The van der Waals surface area contributed by atoms with Gasteiger partial charge < -0.3 is 5.32 Å². The zero-order valence-electron chi connectivity index (χ0n) is 7.24. The number of halogens is 1. The van der Waals surface area contributed by atoms with Crippen LogP contribution < -0.4 is 10.6 Å². The Morgan fingerprint density at radius 2 is 2.50 bits per heavy atom. The Morgan fingerprint density at radius 3 is 3.00 bits per heavy atom. The molecule has 1 atom stereocenters. The Bertz CT molecular complexity index is 402. The Hall–Kier alpha value is -0.700. The number of hydrogen-bond acceptors (Lipinski definition) is 4. The molecule has 0 saturated carbocycles. The molecule has 1 aliphatic heterocycles. The molecule has 0 spiro atoms. The molecule has 14 heavy (non-hydrogen) atoms. The quantitative estimate of drug-likeness (QED) is 0.740. The topological polar surface area (TPSA) is 66.4 Å². The fraction of sp³-hybridized carbons (Fsp3) is 0.286. The van der Waals surface area contributed by atoms with E-state index in [-0.39, 0.29) is 11.9 Å². The van der Waals surface area contributed by atoms with Crippen LogP contribution in [0.25, 0.3) is 0 Å². The summed E-state index contributed by atoms with van der Waals surface area (Å²) in [6.45, 7) is 0. The van der Waals surface area contributed by atoms with Crippen LogP contribution in [0.5, 0.6) is 0 Å². The number of hydrogen-bond donors (Lipinski definition) is 2. The number of thiazole rings is 1. The average molecular weight is 322 g/mol. The van der Waals surface area contributed by atoms with Crippen LogP contribution in [0.2, 0.25) is 0 Å². The fourth-order valence-corrected chi connectivity index (χ4v) is 2.63. The number of aliphatic imine (C=N–C) groups is 1. The molecule has 1 fully saturated rings. The molecular weight excluding hydrogens is 315 g/mol. The zero-order chi connectivity index (χ0) is 10.1. The van der Waals surface area contributed by atoms with Gasteiger partial charge in [-0.1, -0.05) is 0 Å². The van der Waals surface area contributed by atoms with E-state index in [1.807, 2.05) is 0 Å². The molecular formula is C7H7IN4OS. The molecule has 1 unspecified atom stereocenters. The Kier molecular flexibility index (Phi) is 2.68. The van der Waals surface area contributed by atoms with Gasteiger partial charge in [-0.2, -0.15) is 0 Å². The maximum atomic E-state index is 11.5. The standard InChI is InChI=1S/C7H7IN4OS/c1-9-7-11-4(5(13)12-7)6-10-2-3(8)14-6/h2,4H,1H3,(H2,9,11,12,13). The van der Waals surface area contributed by atoms with Gasteiger partial charge in [-0.05, 0) is 22.6 Å². The van der Waals surface area contributed by atoms with Gasteiger partial charge in [0.2, 0.25) is 0 Å². The Balaban J connectivity index is 2.24. The van der Waals surface area contributed by atoms with E-state index in [0.29, 0.717) is 5.96 Å². The van der Waals surface area contributed by atoms with Gasteiger partial charge in [0.25, 0.3) is 5.91 Å². The second-order valence-electron chi connectivity index (χ2n) is 2.64. The Morgan fingerprint density at radius 1 is 1.71 bits per heavy atom. The van der Waals surface area contributed by atoms with Crippen molar-refractivity contribution < 1.29 is 4.79 Å². The summed E-state index contributed by atoms with van der Waals surface area (Å²) in [4.78, 5) is 19.5. The smallest absolute Gasteiger partial charge is 0.256 e. The first kappa shape index (κ1) is 9.84. The number of carbonyl (C=O) groups is 1. The molecule has 7 heteroatoms. The first-order chi connectivity index (χ1) is 6.70. The van der Waals surface area contributed by atoms with Crippen molar-refractivity contribution in [1.29, 1.82) is 0 Å². The van der Waals surface area contributed by atoms with E-state index >= 15 is 0 Å². The van der Waals surface area contributed by atoms with Crippen molar-refractivity contribution in [1.82, 2.24) is 15.6 Å². The van der Waals surface area contributed by atoms with Crippen molar-refractivity contribution in [3.8, 4) is 0 Å². The van der Waals surface area contributed by atoms with Crippen molar-refractivity contribution in [3.63, 3.8) is 0 Å². The number of rotatable bonds is 1. The van der Waals surface area contributed by atoms with Gasteiger partial charge in [0.1, 0.15) is 5.01 Å². The molecule has 0 aromatic carbocycles. The third kappa shape index (κ3) is 1.73. The third-order valence-electron chi connectivity index (χ3n) is 1.75. The zero-order valence-corrected chi connectivity index (χ0v) is 10.2. The Labute approximate surface area is 98.2 Å².